The number of carbonyl (C=O) groups excluding carboxylic acids is 2. The molecule has 1 atom stereocenters. The summed E-state index contributed by atoms with van der Waals surface area (Å²) in [4.78, 5) is 24.5. The number of ether oxygens (including phenoxy) is 1. The average Bonchev–Trinajstić information content (AvgIpc) is 2.69. The second-order valence-corrected chi connectivity index (χ2v) is 8.07. The van der Waals surface area contributed by atoms with Crippen molar-refractivity contribution in [3.05, 3.63) is 60.7 Å². The highest BCUT2D eigenvalue weighted by atomic mass is 127. The van der Waals surface area contributed by atoms with E-state index in [4.69, 9.17) is 10.00 Å². The smallest absolute Gasteiger partial charge is 0.408 e. The van der Waals surface area contributed by atoms with E-state index < -0.39 is 18.0 Å². The largest absolute Gasteiger partial charge is 0.506 e. The highest BCUT2D eigenvalue weighted by Gasteiger charge is 2.22. The van der Waals surface area contributed by atoms with Gasteiger partial charge in [0.2, 0.25) is 5.91 Å². The maximum absolute atomic E-state index is 12.4. The van der Waals surface area contributed by atoms with Gasteiger partial charge in [0.15, 0.2) is 0 Å². The first-order valence-electron chi connectivity index (χ1n) is 8.19. The fourth-order valence-corrected chi connectivity index (χ4v) is 4.23. The molecule has 0 aromatic heterocycles. The number of nitrogens with zero attached hydrogens (tertiary/aromatic N) is 1. The first kappa shape index (κ1) is 22.2. The Balaban J connectivity index is 2.07. The van der Waals surface area contributed by atoms with Crippen LogP contribution in [0.3, 0.4) is 0 Å². The van der Waals surface area contributed by atoms with Crippen molar-refractivity contribution in [1.82, 2.24) is 10.6 Å². The Morgan fingerprint density at radius 1 is 1.14 bits per heavy atom. The SMILES string of the molecule is N#CCNC(=O)[C@H](Cc1cc(I)c(O)c(I)c1)NC(=O)OCc1ccccc1. The van der Waals surface area contributed by atoms with Crippen LogP contribution in [0.5, 0.6) is 5.75 Å². The molecule has 2 rings (SSSR count). The van der Waals surface area contributed by atoms with E-state index >= 15 is 0 Å². The minimum Gasteiger partial charge on any atom is -0.506 e. The summed E-state index contributed by atoms with van der Waals surface area (Å²) in [6.07, 6.45) is -0.548. The molecule has 0 bridgehead atoms. The third-order valence-corrected chi connectivity index (χ3v) is 5.32. The van der Waals surface area contributed by atoms with E-state index in [-0.39, 0.29) is 25.3 Å². The minimum absolute atomic E-state index is 0.0776. The molecule has 0 aliphatic heterocycles. The molecule has 0 unspecified atom stereocenters. The van der Waals surface area contributed by atoms with Gasteiger partial charge in [-0.1, -0.05) is 30.3 Å². The summed E-state index contributed by atoms with van der Waals surface area (Å²) in [5.74, 6) is -0.318. The lowest BCUT2D eigenvalue weighted by atomic mass is 10.1. The fraction of sp³-hybridized carbons (Fsp3) is 0.211. The van der Waals surface area contributed by atoms with Crippen LogP contribution in [0, 0.1) is 18.5 Å². The minimum atomic E-state index is -0.923. The molecule has 0 spiro atoms. The fourth-order valence-electron chi connectivity index (χ4n) is 2.34. The molecule has 0 heterocycles. The number of phenols is 1. The third kappa shape index (κ3) is 6.83. The quantitative estimate of drug-likeness (QED) is 0.332. The van der Waals surface area contributed by atoms with Gasteiger partial charge in [-0.25, -0.2) is 4.79 Å². The Hall–Kier alpha value is -2.07. The molecule has 0 fully saturated rings. The predicted molar refractivity (Wildman–Crippen MR) is 119 cm³/mol. The lowest BCUT2D eigenvalue weighted by molar-refractivity contribution is -0.122. The zero-order valence-corrected chi connectivity index (χ0v) is 18.9. The van der Waals surface area contributed by atoms with Gasteiger partial charge in [0.25, 0.3) is 0 Å². The summed E-state index contributed by atoms with van der Waals surface area (Å²) < 4.78 is 6.46. The molecule has 146 valence electrons. The molecule has 0 saturated heterocycles. The Morgan fingerprint density at radius 3 is 2.39 bits per heavy atom. The van der Waals surface area contributed by atoms with Crippen LogP contribution in [0.25, 0.3) is 0 Å². The first-order chi connectivity index (χ1) is 13.4. The zero-order chi connectivity index (χ0) is 20.5. The second-order valence-electron chi connectivity index (χ2n) is 5.75. The number of phenolic OH excluding ortho intramolecular Hbond substituents is 1. The molecular weight excluding hydrogens is 588 g/mol. The average molecular weight is 605 g/mol. The number of rotatable bonds is 7. The van der Waals surface area contributed by atoms with E-state index in [0.717, 1.165) is 11.1 Å². The summed E-state index contributed by atoms with van der Waals surface area (Å²) in [7, 11) is 0. The van der Waals surface area contributed by atoms with Crippen molar-refractivity contribution in [3.8, 4) is 11.8 Å². The van der Waals surface area contributed by atoms with Crippen LogP contribution in [0.4, 0.5) is 4.79 Å². The molecule has 9 heteroatoms. The van der Waals surface area contributed by atoms with Gasteiger partial charge >= 0.3 is 6.09 Å². The summed E-state index contributed by atoms with van der Waals surface area (Å²) in [5, 5.41) is 23.6. The van der Waals surface area contributed by atoms with Crippen molar-refractivity contribution in [2.45, 2.75) is 19.1 Å². The summed E-state index contributed by atoms with van der Waals surface area (Å²) in [6, 6.07) is 13.6. The number of nitriles is 1. The summed E-state index contributed by atoms with van der Waals surface area (Å²) >= 11 is 3.99. The third-order valence-electron chi connectivity index (χ3n) is 3.68. The van der Waals surface area contributed by atoms with E-state index in [1.807, 2.05) is 81.6 Å². The number of benzene rings is 2. The number of aromatic hydroxyl groups is 1. The van der Waals surface area contributed by atoms with E-state index in [2.05, 4.69) is 10.6 Å². The molecule has 2 aromatic rings. The van der Waals surface area contributed by atoms with E-state index in [9.17, 15) is 14.7 Å². The highest BCUT2D eigenvalue weighted by Crippen LogP contribution is 2.27. The van der Waals surface area contributed by atoms with Crippen LogP contribution in [-0.2, 0) is 22.6 Å². The number of hydrogen-bond donors (Lipinski definition) is 3. The number of halogens is 2. The Labute approximate surface area is 189 Å². The number of amides is 2. The Bertz CT molecular complexity index is 861. The molecule has 28 heavy (non-hydrogen) atoms. The maximum atomic E-state index is 12.4. The molecule has 0 radical (unpaired) electrons. The maximum Gasteiger partial charge on any atom is 0.408 e. The van der Waals surface area contributed by atoms with Crippen LogP contribution < -0.4 is 10.6 Å². The van der Waals surface area contributed by atoms with E-state index in [1.54, 1.807) is 12.1 Å². The van der Waals surface area contributed by atoms with E-state index in [0.29, 0.717) is 7.14 Å². The molecular formula is C19H17I2N3O4. The van der Waals surface area contributed by atoms with Gasteiger partial charge in [0.1, 0.15) is 24.9 Å². The lowest BCUT2D eigenvalue weighted by Crippen LogP contribution is -2.48. The lowest BCUT2D eigenvalue weighted by Gasteiger charge is -2.18. The number of hydrogen-bond acceptors (Lipinski definition) is 5. The van der Waals surface area contributed by atoms with Crippen molar-refractivity contribution in [2.24, 2.45) is 0 Å². The molecule has 2 amide bonds. The molecule has 0 saturated carbocycles. The van der Waals surface area contributed by atoms with Gasteiger partial charge in [0, 0.05) is 6.42 Å². The van der Waals surface area contributed by atoms with Crippen LogP contribution in [-0.4, -0.2) is 29.7 Å². The topological polar surface area (TPSA) is 111 Å². The van der Waals surface area contributed by atoms with Crippen molar-refractivity contribution >= 4 is 57.2 Å². The Morgan fingerprint density at radius 2 is 1.79 bits per heavy atom. The zero-order valence-electron chi connectivity index (χ0n) is 14.6. The number of carbonyl (C=O) groups is 2. The van der Waals surface area contributed by atoms with Gasteiger partial charge in [-0.15, -0.1) is 0 Å². The van der Waals surface area contributed by atoms with Gasteiger partial charge in [-0.3, -0.25) is 4.79 Å². The van der Waals surface area contributed by atoms with Crippen molar-refractivity contribution < 1.29 is 19.4 Å². The predicted octanol–water partition coefficient (Wildman–Crippen LogP) is 3.08. The monoisotopic (exact) mass is 605 g/mol. The van der Waals surface area contributed by atoms with Gasteiger partial charge in [-0.2, -0.15) is 5.26 Å². The van der Waals surface area contributed by atoms with Crippen molar-refractivity contribution in [1.29, 1.82) is 5.26 Å². The van der Waals surface area contributed by atoms with Crippen molar-refractivity contribution in [3.63, 3.8) is 0 Å². The summed E-state index contributed by atoms with van der Waals surface area (Å²) in [5.41, 5.74) is 1.58. The van der Waals surface area contributed by atoms with Crippen LogP contribution in [0.1, 0.15) is 11.1 Å². The molecule has 7 nitrogen and oxygen atoms in total. The number of alkyl carbamates (subject to hydrolysis) is 1. The van der Waals surface area contributed by atoms with Crippen LogP contribution >= 0.6 is 45.2 Å². The highest BCUT2D eigenvalue weighted by molar-refractivity contribution is 14.1. The van der Waals surface area contributed by atoms with Gasteiger partial charge in [-0.05, 0) is 68.4 Å². The molecule has 0 aliphatic carbocycles. The first-order valence-corrected chi connectivity index (χ1v) is 10.3. The second kappa shape index (κ2) is 11.1. The molecule has 2 aromatic carbocycles. The van der Waals surface area contributed by atoms with Crippen LogP contribution in [0.15, 0.2) is 42.5 Å². The van der Waals surface area contributed by atoms with Gasteiger partial charge in [0.05, 0.1) is 13.2 Å². The van der Waals surface area contributed by atoms with Crippen LogP contribution in [0.2, 0.25) is 0 Å². The Kier molecular flexibility index (Phi) is 8.78. The standard InChI is InChI=1S/C19H17I2N3O4/c20-14-8-13(9-15(21)17(14)25)10-16(18(26)23-7-6-22)24-19(27)28-11-12-4-2-1-3-5-12/h1-5,8-9,16,25H,7,10-11H2,(H,23,26)(H,24,27)/t16-/m0/s1. The molecule has 3 N–H and O–H groups in total. The van der Waals surface area contributed by atoms with Gasteiger partial charge < -0.3 is 20.5 Å². The molecule has 0 aliphatic rings. The van der Waals surface area contributed by atoms with E-state index in [1.165, 1.54) is 0 Å². The normalized spacial score (nSPS) is 11.2. The van der Waals surface area contributed by atoms with Crippen molar-refractivity contribution in [2.75, 3.05) is 6.54 Å². The number of nitrogens with one attached hydrogen (secondary N) is 2. The summed E-state index contributed by atoms with van der Waals surface area (Å²) in [6.45, 7) is -0.0884.